The molecule has 0 aliphatic carbocycles. The molecule has 0 saturated carbocycles. The Balaban J connectivity index is 2.90. The van der Waals surface area contributed by atoms with E-state index in [-0.39, 0.29) is 5.69 Å². The lowest BCUT2D eigenvalue weighted by molar-refractivity contribution is -0.150. The lowest BCUT2D eigenvalue weighted by Crippen LogP contribution is -2.24. The SMILES string of the molecule is COC(=O)C(=O)Nc1c(C)cccc1F. The number of methoxy groups -OCH3 is 1. The summed E-state index contributed by atoms with van der Waals surface area (Å²) in [5, 5.41) is 2.14. The van der Waals surface area contributed by atoms with Gasteiger partial charge in [-0.25, -0.2) is 9.18 Å². The highest BCUT2D eigenvalue weighted by Gasteiger charge is 2.16. The molecule has 0 aliphatic rings. The Bertz CT molecular complexity index is 383. The number of rotatable bonds is 1. The molecule has 4 nitrogen and oxygen atoms in total. The fourth-order valence-electron chi connectivity index (χ4n) is 1.05. The largest absolute Gasteiger partial charge is 0.462 e. The first-order valence-corrected chi connectivity index (χ1v) is 4.20. The predicted molar refractivity (Wildman–Crippen MR) is 51.8 cm³/mol. The van der Waals surface area contributed by atoms with Crippen molar-refractivity contribution in [3.05, 3.63) is 29.6 Å². The lowest BCUT2D eigenvalue weighted by atomic mass is 10.2. The van der Waals surface area contributed by atoms with Crippen LogP contribution in [-0.2, 0) is 14.3 Å². The van der Waals surface area contributed by atoms with Gasteiger partial charge >= 0.3 is 11.9 Å². The highest BCUT2D eigenvalue weighted by molar-refractivity contribution is 6.37. The van der Waals surface area contributed by atoms with Crippen molar-refractivity contribution in [3.8, 4) is 0 Å². The van der Waals surface area contributed by atoms with E-state index in [0.717, 1.165) is 7.11 Å². The third-order valence-corrected chi connectivity index (χ3v) is 1.83. The molecule has 1 N–H and O–H groups in total. The van der Waals surface area contributed by atoms with Crippen LogP contribution in [-0.4, -0.2) is 19.0 Å². The number of benzene rings is 1. The number of esters is 1. The maximum absolute atomic E-state index is 13.2. The Morgan fingerprint density at radius 1 is 1.40 bits per heavy atom. The summed E-state index contributed by atoms with van der Waals surface area (Å²) < 4.78 is 17.4. The molecule has 0 spiro atoms. The number of carbonyl (C=O) groups excluding carboxylic acids is 2. The summed E-state index contributed by atoms with van der Waals surface area (Å²) in [6, 6.07) is 4.33. The summed E-state index contributed by atoms with van der Waals surface area (Å²) >= 11 is 0. The predicted octanol–water partition coefficient (Wildman–Crippen LogP) is 1.25. The smallest absolute Gasteiger partial charge is 0.396 e. The topological polar surface area (TPSA) is 55.4 Å². The van der Waals surface area contributed by atoms with Gasteiger partial charge in [0.1, 0.15) is 5.82 Å². The van der Waals surface area contributed by atoms with Crippen molar-refractivity contribution < 1.29 is 18.7 Å². The fourth-order valence-corrected chi connectivity index (χ4v) is 1.05. The Labute approximate surface area is 86.0 Å². The first-order chi connectivity index (χ1) is 7.06. The van der Waals surface area contributed by atoms with E-state index in [1.165, 1.54) is 12.1 Å². The maximum Gasteiger partial charge on any atom is 0.396 e. The summed E-state index contributed by atoms with van der Waals surface area (Å²) in [7, 11) is 1.08. The van der Waals surface area contributed by atoms with E-state index in [1.807, 2.05) is 0 Å². The Morgan fingerprint density at radius 3 is 2.60 bits per heavy atom. The number of hydrogen-bond acceptors (Lipinski definition) is 3. The second kappa shape index (κ2) is 4.54. The number of para-hydroxylation sites is 1. The molecule has 0 saturated heterocycles. The van der Waals surface area contributed by atoms with Crippen molar-refractivity contribution in [3.63, 3.8) is 0 Å². The first-order valence-electron chi connectivity index (χ1n) is 4.20. The van der Waals surface area contributed by atoms with Crippen molar-refractivity contribution in [1.29, 1.82) is 0 Å². The highest BCUT2D eigenvalue weighted by atomic mass is 19.1. The Morgan fingerprint density at radius 2 is 2.07 bits per heavy atom. The minimum atomic E-state index is -1.06. The van der Waals surface area contributed by atoms with Crippen LogP contribution in [0.25, 0.3) is 0 Å². The van der Waals surface area contributed by atoms with E-state index in [1.54, 1.807) is 13.0 Å². The average Bonchev–Trinajstić information content (AvgIpc) is 2.22. The van der Waals surface area contributed by atoms with E-state index in [0.29, 0.717) is 5.56 Å². The third-order valence-electron chi connectivity index (χ3n) is 1.83. The van der Waals surface area contributed by atoms with Gasteiger partial charge in [-0.3, -0.25) is 4.79 Å². The van der Waals surface area contributed by atoms with Crippen LogP contribution in [0.4, 0.5) is 10.1 Å². The molecule has 0 bridgehead atoms. The molecule has 0 radical (unpaired) electrons. The molecule has 0 fully saturated rings. The zero-order valence-electron chi connectivity index (χ0n) is 8.33. The number of amides is 1. The van der Waals surface area contributed by atoms with E-state index in [9.17, 15) is 14.0 Å². The summed E-state index contributed by atoms with van der Waals surface area (Å²) in [4.78, 5) is 21.9. The van der Waals surface area contributed by atoms with Crippen molar-refractivity contribution >= 4 is 17.6 Å². The number of aryl methyl sites for hydroxylation is 1. The van der Waals surface area contributed by atoms with Crippen molar-refractivity contribution in [1.82, 2.24) is 0 Å². The third kappa shape index (κ3) is 2.52. The lowest BCUT2D eigenvalue weighted by Gasteiger charge is -2.07. The summed E-state index contributed by atoms with van der Waals surface area (Å²) in [6.45, 7) is 1.62. The summed E-state index contributed by atoms with van der Waals surface area (Å²) in [5.41, 5.74) is 0.528. The van der Waals surface area contributed by atoms with Gasteiger partial charge in [-0.1, -0.05) is 12.1 Å². The fraction of sp³-hybridized carbons (Fsp3) is 0.200. The Kier molecular flexibility index (Phi) is 3.38. The van der Waals surface area contributed by atoms with Crippen LogP contribution in [0, 0.1) is 12.7 Å². The van der Waals surface area contributed by atoms with E-state index >= 15 is 0 Å². The molecule has 1 aromatic rings. The molecule has 0 unspecified atom stereocenters. The standard InChI is InChI=1S/C10H10FNO3/c1-6-4-3-5-7(11)8(6)12-9(13)10(14)15-2/h3-5H,1-2H3,(H,12,13). The van der Waals surface area contributed by atoms with Gasteiger partial charge in [0.25, 0.3) is 0 Å². The molecule has 0 aliphatic heterocycles. The first kappa shape index (κ1) is 11.2. The van der Waals surface area contributed by atoms with Gasteiger partial charge in [0.05, 0.1) is 12.8 Å². The second-order valence-corrected chi connectivity index (χ2v) is 2.88. The van der Waals surface area contributed by atoms with Crippen molar-refractivity contribution in [2.24, 2.45) is 0 Å². The highest BCUT2D eigenvalue weighted by Crippen LogP contribution is 2.18. The van der Waals surface area contributed by atoms with Crippen LogP contribution in [0.2, 0.25) is 0 Å². The molecule has 1 amide bonds. The number of hydrogen-bond donors (Lipinski definition) is 1. The second-order valence-electron chi connectivity index (χ2n) is 2.88. The normalized spacial score (nSPS) is 9.53. The maximum atomic E-state index is 13.2. The molecule has 0 heterocycles. The van der Waals surface area contributed by atoms with E-state index < -0.39 is 17.7 Å². The quantitative estimate of drug-likeness (QED) is 0.561. The zero-order chi connectivity index (χ0) is 11.4. The van der Waals surface area contributed by atoms with Crippen molar-refractivity contribution in [2.45, 2.75) is 6.92 Å². The van der Waals surface area contributed by atoms with Crippen LogP contribution in [0.3, 0.4) is 0 Å². The molecule has 80 valence electrons. The molecule has 15 heavy (non-hydrogen) atoms. The minimum Gasteiger partial charge on any atom is -0.462 e. The number of anilines is 1. The molecular formula is C10H10FNO3. The van der Waals surface area contributed by atoms with E-state index in [4.69, 9.17) is 0 Å². The van der Waals surface area contributed by atoms with Crippen molar-refractivity contribution in [2.75, 3.05) is 12.4 Å². The Hall–Kier alpha value is -1.91. The summed E-state index contributed by atoms with van der Waals surface area (Å²) in [6.07, 6.45) is 0. The molecular weight excluding hydrogens is 201 g/mol. The van der Waals surface area contributed by atoms with Crippen LogP contribution in [0.15, 0.2) is 18.2 Å². The van der Waals surface area contributed by atoms with Crippen LogP contribution in [0.5, 0.6) is 0 Å². The monoisotopic (exact) mass is 211 g/mol. The van der Waals surface area contributed by atoms with Crippen LogP contribution < -0.4 is 5.32 Å². The molecule has 0 atom stereocenters. The van der Waals surface area contributed by atoms with Gasteiger partial charge in [-0.2, -0.15) is 0 Å². The van der Waals surface area contributed by atoms with Gasteiger partial charge < -0.3 is 10.1 Å². The average molecular weight is 211 g/mol. The van der Waals surface area contributed by atoms with Gasteiger partial charge in [0.2, 0.25) is 0 Å². The summed E-state index contributed by atoms with van der Waals surface area (Å²) in [5.74, 6) is -2.64. The van der Waals surface area contributed by atoms with Gasteiger partial charge in [0.15, 0.2) is 0 Å². The zero-order valence-corrected chi connectivity index (χ0v) is 8.33. The molecule has 1 aromatic carbocycles. The minimum absolute atomic E-state index is 0.00657. The van der Waals surface area contributed by atoms with Crippen LogP contribution >= 0.6 is 0 Å². The van der Waals surface area contributed by atoms with Gasteiger partial charge in [-0.15, -0.1) is 0 Å². The molecule has 5 heteroatoms. The number of carbonyl (C=O) groups is 2. The molecule has 1 rings (SSSR count). The molecule has 0 aromatic heterocycles. The van der Waals surface area contributed by atoms with Gasteiger partial charge in [-0.05, 0) is 18.6 Å². The number of nitrogens with one attached hydrogen (secondary N) is 1. The van der Waals surface area contributed by atoms with E-state index in [2.05, 4.69) is 10.1 Å². The number of halogens is 1. The van der Waals surface area contributed by atoms with Crippen LogP contribution in [0.1, 0.15) is 5.56 Å². The van der Waals surface area contributed by atoms with Gasteiger partial charge in [0, 0.05) is 0 Å². The number of ether oxygens (including phenoxy) is 1.